The van der Waals surface area contributed by atoms with Crippen LogP contribution < -0.4 is 14.8 Å². The number of methoxy groups -OCH3 is 2. The highest BCUT2D eigenvalue weighted by Gasteiger charge is 2.23. The summed E-state index contributed by atoms with van der Waals surface area (Å²) in [6.45, 7) is 0.161. The molecule has 0 saturated heterocycles. The highest BCUT2D eigenvalue weighted by Crippen LogP contribution is 2.34. The first kappa shape index (κ1) is 29.2. The van der Waals surface area contributed by atoms with Crippen molar-refractivity contribution in [3.05, 3.63) is 124 Å². The molecule has 0 aliphatic carbocycles. The average Bonchev–Trinajstić information content (AvgIpc) is 3.00. The van der Waals surface area contributed by atoms with Gasteiger partial charge in [0.25, 0.3) is 11.8 Å². The third kappa shape index (κ3) is 7.64. The molecule has 2 amide bonds. The van der Waals surface area contributed by atoms with E-state index in [2.05, 4.69) is 5.32 Å². The molecule has 4 aromatic carbocycles. The van der Waals surface area contributed by atoms with E-state index in [0.717, 1.165) is 11.1 Å². The summed E-state index contributed by atoms with van der Waals surface area (Å²) in [5, 5.41) is 2.94. The minimum atomic E-state index is -0.826. The SMILES string of the molecule is COc1cc(NC(=O)c2ccccc2Cl)c(C(=O)OCC(=O)N(Cc2ccccc2)Cc2ccccc2)cc1OC. The number of hydrogen-bond donors (Lipinski definition) is 1. The lowest BCUT2D eigenvalue weighted by Crippen LogP contribution is -2.34. The van der Waals surface area contributed by atoms with Crippen molar-refractivity contribution < 1.29 is 28.6 Å². The first-order valence-electron chi connectivity index (χ1n) is 12.7. The van der Waals surface area contributed by atoms with Crippen LogP contribution in [0.1, 0.15) is 31.8 Å². The standard InChI is InChI=1S/C32H29ClN2O6/c1-39-28-17-25(27(18-29(28)40-2)34-31(37)24-15-9-10-16-26(24)33)32(38)41-21-30(36)35(19-22-11-5-3-6-12-22)20-23-13-7-4-8-14-23/h3-18H,19-21H2,1-2H3,(H,34,37). The molecule has 41 heavy (non-hydrogen) atoms. The second-order valence-electron chi connectivity index (χ2n) is 8.98. The summed E-state index contributed by atoms with van der Waals surface area (Å²) in [5.41, 5.74) is 2.18. The van der Waals surface area contributed by atoms with Crippen LogP contribution in [-0.4, -0.2) is 43.5 Å². The van der Waals surface area contributed by atoms with Gasteiger partial charge in [0.15, 0.2) is 18.1 Å². The van der Waals surface area contributed by atoms with Crippen LogP contribution in [0.2, 0.25) is 5.02 Å². The fourth-order valence-electron chi connectivity index (χ4n) is 4.12. The quantitative estimate of drug-likeness (QED) is 0.222. The average molecular weight is 573 g/mol. The Morgan fingerprint density at radius 3 is 1.83 bits per heavy atom. The van der Waals surface area contributed by atoms with Gasteiger partial charge in [-0.2, -0.15) is 0 Å². The van der Waals surface area contributed by atoms with Gasteiger partial charge in [-0.3, -0.25) is 9.59 Å². The van der Waals surface area contributed by atoms with Gasteiger partial charge in [-0.05, 0) is 23.3 Å². The van der Waals surface area contributed by atoms with Gasteiger partial charge in [0, 0.05) is 25.2 Å². The minimum absolute atomic E-state index is 0.0199. The normalized spacial score (nSPS) is 10.4. The molecule has 9 heteroatoms. The second kappa shape index (κ2) is 14.0. The molecule has 4 rings (SSSR count). The molecule has 0 atom stereocenters. The highest BCUT2D eigenvalue weighted by atomic mass is 35.5. The maximum absolute atomic E-state index is 13.3. The Hall–Kier alpha value is -4.82. The summed E-state index contributed by atoms with van der Waals surface area (Å²) in [6, 6.07) is 28.5. The van der Waals surface area contributed by atoms with E-state index in [1.165, 1.54) is 26.4 Å². The predicted octanol–water partition coefficient (Wildman–Crippen LogP) is 6.00. The number of carbonyl (C=O) groups is 3. The number of nitrogens with zero attached hydrogens (tertiary/aromatic N) is 1. The van der Waals surface area contributed by atoms with E-state index >= 15 is 0 Å². The summed E-state index contributed by atoms with van der Waals surface area (Å²) >= 11 is 6.18. The van der Waals surface area contributed by atoms with E-state index in [1.54, 1.807) is 29.2 Å². The second-order valence-corrected chi connectivity index (χ2v) is 9.39. The lowest BCUT2D eigenvalue weighted by molar-refractivity contribution is -0.135. The summed E-state index contributed by atoms with van der Waals surface area (Å²) in [5.74, 6) is -1.21. The number of hydrogen-bond acceptors (Lipinski definition) is 6. The number of esters is 1. The van der Waals surface area contributed by atoms with Crippen LogP contribution in [0.25, 0.3) is 0 Å². The van der Waals surface area contributed by atoms with Gasteiger partial charge in [-0.1, -0.05) is 84.4 Å². The fraction of sp³-hybridized carbons (Fsp3) is 0.156. The van der Waals surface area contributed by atoms with Crippen LogP contribution in [-0.2, 0) is 22.6 Å². The smallest absolute Gasteiger partial charge is 0.340 e. The Morgan fingerprint density at radius 1 is 0.732 bits per heavy atom. The third-order valence-corrected chi connectivity index (χ3v) is 6.55. The minimum Gasteiger partial charge on any atom is -0.493 e. The van der Waals surface area contributed by atoms with E-state index in [-0.39, 0.29) is 39.2 Å². The molecule has 0 heterocycles. The Bertz CT molecular complexity index is 1470. The number of carbonyl (C=O) groups excluding carboxylic acids is 3. The number of anilines is 1. The van der Waals surface area contributed by atoms with E-state index in [0.29, 0.717) is 13.1 Å². The number of benzene rings is 4. The Kier molecular flexibility index (Phi) is 9.96. The zero-order valence-corrected chi connectivity index (χ0v) is 23.4. The topological polar surface area (TPSA) is 94.2 Å². The lowest BCUT2D eigenvalue weighted by Gasteiger charge is -2.23. The summed E-state index contributed by atoms with van der Waals surface area (Å²) in [6.07, 6.45) is 0. The van der Waals surface area contributed by atoms with E-state index in [9.17, 15) is 14.4 Å². The summed E-state index contributed by atoms with van der Waals surface area (Å²) in [7, 11) is 2.85. The summed E-state index contributed by atoms with van der Waals surface area (Å²) < 4.78 is 16.2. The largest absolute Gasteiger partial charge is 0.493 e. The zero-order valence-electron chi connectivity index (χ0n) is 22.6. The predicted molar refractivity (Wildman–Crippen MR) is 156 cm³/mol. The maximum atomic E-state index is 13.3. The van der Waals surface area contributed by atoms with Gasteiger partial charge in [-0.25, -0.2) is 4.79 Å². The molecule has 0 aromatic heterocycles. The third-order valence-electron chi connectivity index (χ3n) is 6.22. The van der Waals surface area contributed by atoms with Crippen LogP contribution in [0.15, 0.2) is 97.1 Å². The van der Waals surface area contributed by atoms with Crippen LogP contribution in [0.5, 0.6) is 11.5 Å². The van der Waals surface area contributed by atoms with Crippen molar-refractivity contribution in [3.8, 4) is 11.5 Å². The molecule has 8 nitrogen and oxygen atoms in total. The van der Waals surface area contributed by atoms with Gasteiger partial charge in [0.2, 0.25) is 0 Å². The molecule has 210 valence electrons. The molecule has 0 fully saturated rings. The first-order chi connectivity index (χ1) is 19.9. The van der Waals surface area contributed by atoms with Crippen LogP contribution in [0.4, 0.5) is 5.69 Å². The molecule has 0 aliphatic heterocycles. The first-order valence-corrected chi connectivity index (χ1v) is 13.1. The van der Waals surface area contributed by atoms with Crippen molar-refractivity contribution in [2.45, 2.75) is 13.1 Å². The zero-order chi connectivity index (χ0) is 29.2. The van der Waals surface area contributed by atoms with Crippen molar-refractivity contribution in [2.24, 2.45) is 0 Å². The molecule has 0 aliphatic rings. The lowest BCUT2D eigenvalue weighted by atomic mass is 10.1. The van der Waals surface area contributed by atoms with Crippen molar-refractivity contribution in [1.82, 2.24) is 4.90 Å². The Labute approximate surface area is 243 Å². The van der Waals surface area contributed by atoms with Crippen molar-refractivity contribution in [1.29, 1.82) is 0 Å². The molecule has 0 unspecified atom stereocenters. The molecular formula is C32H29ClN2O6. The van der Waals surface area contributed by atoms with E-state index < -0.39 is 18.5 Å². The van der Waals surface area contributed by atoms with Crippen molar-refractivity contribution >= 4 is 35.1 Å². The fourth-order valence-corrected chi connectivity index (χ4v) is 4.34. The molecule has 0 radical (unpaired) electrons. The number of nitrogens with one attached hydrogen (secondary N) is 1. The highest BCUT2D eigenvalue weighted by molar-refractivity contribution is 6.34. The van der Waals surface area contributed by atoms with E-state index in [4.69, 9.17) is 25.8 Å². The van der Waals surface area contributed by atoms with Gasteiger partial charge < -0.3 is 24.4 Å². The molecule has 4 aromatic rings. The molecule has 1 N–H and O–H groups in total. The summed E-state index contributed by atoms with van der Waals surface area (Å²) in [4.78, 5) is 41.2. The van der Waals surface area contributed by atoms with Crippen LogP contribution in [0.3, 0.4) is 0 Å². The molecule has 0 spiro atoms. The molecule has 0 bridgehead atoms. The number of halogens is 1. The number of amides is 2. The number of ether oxygens (including phenoxy) is 3. The monoisotopic (exact) mass is 572 g/mol. The van der Waals surface area contributed by atoms with Gasteiger partial charge >= 0.3 is 5.97 Å². The van der Waals surface area contributed by atoms with Crippen LogP contribution >= 0.6 is 11.6 Å². The Balaban J connectivity index is 1.55. The van der Waals surface area contributed by atoms with Gasteiger partial charge in [0.05, 0.1) is 36.1 Å². The van der Waals surface area contributed by atoms with Crippen molar-refractivity contribution in [2.75, 3.05) is 26.1 Å². The Morgan fingerprint density at radius 2 is 1.27 bits per heavy atom. The number of rotatable bonds is 11. The van der Waals surface area contributed by atoms with E-state index in [1.807, 2.05) is 60.7 Å². The molecular weight excluding hydrogens is 544 g/mol. The van der Waals surface area contributed by atoms with Gasteiger partial charge in [-0.15, -0.1) is 0 Å². The van der Waals surface area contributed by atoms with Gasteiger partial charge in [0.1, 0.15) is 0 Å². The maximum Gasteiger partial charge on any atom is 0.340 e. The van der Waals surface area contributed by atoms with Crippen molar-refractivity contribution in [3.63, 3.8) is 0 Å². The molecule has 0 saturated carbocycles. The van der Waals surface area contributed by atoms with Crippen LogP contribution in [0, 0.1) is 0 Å².